The lowest BCUT2D eigenvalue weighted by atomic mass is 10.3. The van der Waals surface area contributed by atoms with Crippen molar-refractivity contribution in [3.8, 4) is 5.82 Å². The van der Waals surface area contributed by atoms with E-state index in [0.717, 1.165) is 4.68 Å². The number of anilines is 2. The lowest BCUT2D eigenvalue weighted by Gasteiger charge is -2.10. The molecule has 4 rings (SSSR count). The van der Waals surface area contributed by atoms with Crippen LogP contribution in [0, 0.1) is 6.92 Å². The van der Waals surface area contributed by atoms with E-state index in [9.17, 15) is 18.0 Å². The third-order valence-corrected chi connectivity index (χ3v) is 5.70. The van der Waals surface area contributed by atoms with Gasteiger partial charge in [0.25, 0.3) is 15.6 Å². The summed E-state index contributed by atoms with van der Waals surface area (Å²) in [7, 11) is -3.91. The number of amides is 1. The monoisotopic (exact) mass is 466 g/mol. The molecule has 0 aliphatic heterocycles. The Balaban J connectivity index is 1.43. The van der Waals surface area contributed by atoms with Crippen molar-refractivity contribution in [1.82, 2.24) is 29.5 Å². The van der Waals surface area contributed by atoms with Crippen LogP contribution in [0.5, 0.6) is 0 Å². The van der Waals surface area contributed by atoms with Crippen molar-refractivity contribution in [2.45, 2.75) is 18.4 Å². The third kappa shape index (κ3) is 5.27. The second-order valence-corrected chi connectivity index (χ2v) is 8.52. The maximum atomic E-state index is 12.5. The van der Waals surface area contributed by atoms with Crippen LogP contribution in [0.1, 0.15) is 5.69 Å². The first kappa shape index (κ1) is 21.8. The lowest BCUT2D eigenvalue weighted by Crippen LogP contribution is -2.30. The van der Waals surface area contributed by atoms with Gasteiger partial charge in [0.15, 0.2) is 5.82 Å². The Kier molecular flexibility index (Phi) is 5.95. The molecule has 33 heavy (non-hydrogen) atoms. The second kappa shape index (κ2) is 9.00. The van der Waals surface area contributed by atoms with E-state index in [1.165, 1.54) is 47.3 Å². The zero-order valence-corrected chi connectivity index (χ0v) is 18.1. The number of aromatic nitrogens is 6. The lowest BCUT2D eigenvalue weighted by molar-refractivity contribution is -0.117. The first-order valence-corrected chi connectivity index (χ1v) is 11.1. The molecule has 3 aromatic heterocycles. The van der Waals surface area contributed by atoms with Crippen molar-refractivity contribution in [2.75, 3.05) is 10.0 Å². The highest BCUT2D eigenvalue weighted by molar-refractivity contribution is 7.92. The largest absolute Gasteiger partial charge is 0.324 e. The van der Waals surface area contributed by atoms with Crippen LogP contribution in [0.3, 0.4) is 0 Å². The summed E-state index contributed by atoms with van der Waals surface area (Å²) in [6.07, 6.45) is 4.67. The summed E-state index contributed by atoms with van der Waals surface area (Å²) in [5, 5.41) is 10.8. The Morgan fingerprint density at radius 1 is 1.06 bits per heavy atom. The summed E-state index contributed by atoms with van der Waals surface area (Å²) < 4.78 is 29.8. The Morgan fingerprint density at radius 2 is 1.85 bits per heavy atom. The van der Waals surface area contributed by atoms with E-state index in [4.69, 9.17) is 0 Å². The fourth-order valence-corrected chi connectivity index (χ4v) is 3.76. The van der Waals surface area contributed by atoms with Crippen LogP contribution in [0.25, 0.3) is 5.82 Å². The Hall–Kier alpha value is -4.39. The van der Waals surface area contributed by atoms with Gasteiger partial charge in [-0.3, -0.25) is 9.59 Å². The molecule has 0 radical (unpaired) electrons. The molecule has 1 amide bonds. The molecule has 0 aliphatic carbocycles. The molecule has 0 unspecified atom stereocenters. The fraction of sp³-hybridized carbons (Fsp3) is 0.100. The molecule has 0 aliphatic rings. The first-order chi connectivity index (χ1) is 15.8. The van der Waals surface area contributed by atoms with E-state index < -0.39 is 21.5 Å². The third-order valence-electron chi connectivity index (χ3n) is 4.35. The molecule has 3 heterocycles. The number of carbonyl (C=O) groups is 1. The quantitative estimate of drug-likeness (QED) is 0.408. The molecule has 2 N–H and O–H groups in total. The Morgan fingerprint density at radius 3 is 2.55 bits per heavy atom. The normalized spacial score (nSPS) is 11.2. The predicted octanol–water partition coefficient (Wildman–Crippen LogP) is 0.967. The van der Waals surface area contributed by atoms with Crippen LogP contribution in [0.15, 0.2) is 76.8 Å². The van der Waals surface area contributed by atoms with Gasteiger partial charge in [-0.15, -0.1) is 5.10 Å². The molecule has 0 atom stereocenters. The Labute approximate surface area is 188 Å². The van der Waals surface area contributed by atoms with E-state index in [1.807, 2.05) is 0 Å². The van der Waals surface area contributed by atoms with Gasteiger partial charge in [-0.25, -0.2) is 32.5 Å². The van der Waals surface area contributed by atoms with Crippen LogP contribution < -0.4 is 15.6 Å². The van der Waals surface area contributed by atoms with Gasteiger partial charge in [-0.05, 0) is 49.4 Å². The molecule has 1 aromatic carbocycles. The number of hydrogen-bond acceptors (Lipinski definition) is 8. The molecule has 13 heteroatoms. The van der Waals surface area contributed by atoms with E-state index in [0.29, 0.717) is 17.2 Å². The number of benzene rings is 1. The molecule has 0 saturated heterocycles. The molecule has 0 saturated carbocycles. The molecular formula is C20H18N8O4S. The minimum absolute atomic E-state index is 0.0320. The van der Waals surface area contributed by atoms with E-state index in [1.54, 1.807) is 31.5 Å². The fourth-order valence-electron chi connectivity index (χ4n) is 2.81. The average Bonchev–Trinajstić information content (AvgIpc) is 3.30. The summed E-state index contributed by atoms with van der Waals surface area (Å²) in [6, 6.07) is 11.7. The van der Waals surface area contributed by atoms with Crippen molar-refractivity contribution in [3.05, 3.63) is 83.2 Å². The predicted molar refractivity (Wildman–Crippen MR) is 118 cm³/mol. The van der Waals surface area contributed by atoms with E-state index in [-0.39, 0.29) is 17.4 Å². The molecule has 12 nitrogen and oxygen atoms in total. The number of hydrogen-bond donors (Lipinski definition) is 2. The van der Waals surface area contributed by atoms with Gasteiger partial charge in [-0.1, -0.05) is 0 Å². The van der Waals surface area contributed by atoms with Crippen LogP contribution in [-0.4, -0.2) is 43.9 Å². The number of nitrogens with one attached hydrogen (secondary N) is 2. The van der Waals surface area contributed by atoms with Crippen molar-refractivity contribution < 1.29 is 13.2 Å². The van der Waals surface area contributed by atoms with Gasteiger partial charge in [0.2, 0.25) is 11.9 Å². The molecule has 0 fully saturated rings. The van der Waals surface area contributed by atoms with Gasteiger partial charge in [0.1, 0.15) is 6.54 Å². The first-order valence-electron chi connectivity index (χ1n) is 9.61. The van der Waals surface area contributed by atoms with Crippen LogP contribution in [0.4, 0.5) is 11.6 Å². The molecule has 0 spiro atoms. The number of aryl methyl sites for hydroxylation is 1. The number of carbonyl (C=O) groups excluding carboxylic acids is 1. The number of nitrogens with zero attached hydrogens (tertiary/aromatic N) is 6. The topological polar surface area (TPSA) is 154 Å². The number of rotatable bonds is 7. The zero-order chi connectivity index (χ0) is 23.4. The minimum Gasteiger partial charge on any atom is -0.324 e. The van der Waals surface area contributed by atoms with Crippen molar-refractivity contribution >= 4 is 27.6 Å². The minimum atomic E-state index is -3.91. The molecule has 168 valence electrons. The van der Waals surface area contributed by atoms with Crippen LogP contribution in [-0.2, 0) is 21.4 Å². The van der Waals surface area contributed by atoms with Crippen molar-refractivity contribution in [2.24, 2.45) is 0 Å². The highest BCUT2D eigenvalue weighted by Crippen LogP contribution is 2.16. The van der Waals surface area contributed by atoms with Gasteiger partial charge in [0.05, 0.1) is 4.90 Å². The van der Waals surface area contributed by atoms with Crippen LogP contribution in [0.2, 0.25) is 0 Å². The summed E-state index contributed by atoms with van der Waals surface area (Å²) in [4.78, 5) is 32.3. The van der Waals surface area contributed by atoms with Gasteiger partial charge < -0.3 is 5.32 Å². The van der Waals surface area contributed by atoms with Crippen molar-refractivity contribution in [1.29, 1.82) is 0 Å². The second-order valence-electron chi connectivity index (χ2n) is 6.84. The van der Waals surface area contributed by atoms with E-state index in [2.05, 4.69) is 30.2 Å². The van der Waals surface area contributed by atoms with Crippen molar-refractivity contribution in [3.63, 3.8) is 0 Å². The smallest absolute Gasteiger partial charge is 0.267 e. The maximum absolute atomic E-state index is 12.5. The molecule has 4 aromatic rings. The van der Waals surface area contributed by atoms with Gasteiger partial charge in [0, 0.05) is 36.0 Å². The highest BCUT2D eigenvalue weighted by atomic mass is 32.2. The number of sulfonamides is 1. The van der Waals surface area contributed by atoms with Crippen LogP contribution >= 0.6 is 0 Å². The SMILES string of the molecule is Cc1ccnc(NS(=O)(=O)c2ccc(NC(=O)Cn3nc(-n4cccn4)ccc3=O)cc2)n1. The van der Waals surface area contributed by atoms with E-state index >= 15 is 0 Å². The highest BCUT2D eigenvalue weighted by Gasteiger charge is 2.16. The summed E-state index contributed by atoms with van der Waals surface area (Å²) in [6.45, 7) is 1.38. The summed E-state index contributed by atoms with van der Waals surface area (Å²) >= 11 is 0. The molecule has 0 bridgehead atoms. The van der Waals surface area contributed by atoms with Gasteiger partial charge in [-0.2, -0.15) is 5.10 Å². The Bertz CT molecular complexity index is 1450. The summed E-state index contributed by atoms with van der Waals surface area (Å²) in [5.41, 5.74) is 0.512. The zero-order valence-electron chi connectivity index (χ0n) is 17.3. The van der Waals surface area contributed by atoms with Gasteiger partial charge >= 0.3 is 0 Å². The summed E-state index contributed by atoms with van der Waals surface area (Å²) in [5.74, 6) is -0.168. The maximum Gasteiger partial charge on any atom is 0.267 e. The molecular weight excluding hydrogens is 448 g/mol. The standard InChI is InChI=1S/C20H18N8O4S/c1-14-9-11-21-20(23-14)26-33(31,32)16-5-3-15(4-6-16)24-18(29)13-28-19(30)8-7-17(25-28)27-12-2-10-22-27/h2-12H,13H2,1H3,(H,24,29)(H,21,23,26). The average molecular weight is 466 g/mol.